The summed E-state index contributed by atoms with van der Waals surface area (Å²) in [5.74, 6) is 2.08. The van der Waals surface area contributed by atoms with Crippen molar-refractivity contribution >= 4 is 27.5 Å². The SMILES string of the molecule is COc1ccc(OCC(=O)Nc2cc(OC)c(Br)cc2OC)cc1. The predicted molar refractivity (Wildman–Crippen MR) is 94.4 cm³/mol. The van der Waals surface area contributed by atoms with Gasteiger partial charge >= 0.3 is 0 Å². The van der Waals surface area contributed by atoms with Gasteiger partial charge in [-0.15, -0.1) is 0 Å². The molecule has 7 heteroatoms. The lowest BCUT2D eigenvalue weighted by molar-refractivity contribution is -0.118. The van der Waals surface area contributed by atoms with E-state index in [9.17, 15) is 4.79 Å². The average molecular weight is 396 g/mol. The third kappa shape index (κ3) is 4.55. The number of benzene rings is 2. The van der Waals surface area contributed by atoms with Crippen molar-refractivity contribution in [1.29, 1.82) is 0 Å². The van der Waals surface area contributed by atoms with Crippen LogP contribution in [-0.4, -0.2) is 33.8 Å². The highest BCUT2D eigenvalue weighted by molar-refractivity contribution is 9.10. The molecule has 0 aromatic heterocycles. The molecule has 128 valence electrons. The lowest BCUT2D eigenvalue weighted by Crippen LogP contribution is -2.20. The van der Waals surface area contributed by atoms with Crippen molar-refractivity contribution in [3.8, 4) is 23.0 Å². The number of halogens is 1. The summed E-state index contributed by atoms with van der Waals surface area (Å²) in [6, 6.07) is 10.4. The van der Waals surface area contributed by atoms with E-state index in [1.807, 2.05) is 0 Å². The van der Waals surface area contributed by atoms with Crippen LogP contribution in [0.2, 0.25) is 0 Å². The zero-order valence-electron chi connectivity index (χ0n) is 13.6. The number of carbonyl (C=O) groups is 1. The maximum absolute atomic E-state index is 12.1. The summed E-state index contributed by atoms with van der Waals surface area (Å²) in [6.45, 7) is -0.131. The Hall–Kier alpha value is -2.41. The van der Waals surface area contributed by atoms with Gasteiger partial charge in [-0.2, -0.15) is 0 Å². The number of carbonyl (C=O) groups excluding carboxylic acids is 1. The summed E-state index contributed by atoms with van der Waals surface area (Å²) in [6.07, 6.45) is 0. The van der Waals surface area contributed by atoms with Gasteiger partial charge in [0.15, 0.2) is 6.61 Å². The number of hydrogen-bond donors (Lipinski definition) is 1. The monoisotopic (exact) mass is 395 g/mol. The second-order valence-electron chi connectivity index (χ2n) is 4.70. The summed E-state index contributed by atoms with van der Waals surface area (Å²) in [5.41, 5.74) is 0.501. The Morgan fingerprint density at radius 3 is 2.17 bits per heavy atom. The van der Waals surface area contributed by atoms with Crippen molar-refractivity contribution in [2.45, 2.75) is 0 Å². The molecule has 1 N–H and O–H groups in total. The molecule has 0 aliphatic heterocycles. The molecule has 0 unspecified atom stereocenters. The van der Waals surface area contributed by atoms with Crippen LogP contribution >= 0.6 is 15.9 Å². The molecular formula is C17H18BrNO5. The first-order valence-corrected chi connectivity index (χ1v) is 7.85. The molecule has 6 nitrogen and oxygen atoms in total. The average Bonchev–Trinajstić information content (AvgIpc) is 2.61. The number of ether oxygens (including phenoxy) is 4. The molecule has 0 bridgehead atoms. The lowest BCUT2D eigenvalue weighted by atomic mass is 10.2. The highest BCUT2D eigenvalue weighted by Crippen LogP contribution is 2.36. The standard InChI is InChI=1S/C17H18BrNO5/c1-21-11-4-6-12(7-5-11)24-10-17(20)19-14-9-15(22-2)13(18)8-16(14)23-3/h4-9H,10H2,1-3H3,(H,19,20). The van der Waals surface area contributed by atoms with Gasteiger partial charge in [0, 0.05) is 12.1 Å². The summed E-state index contributed by atoms with van der Waals surface area (Å²) in [4.78, 5) is 12.1. The molecule has 0 aliphatic rings. The van der Waals surface area contributed by atoms with Crippen LogP contribution < -0.4 is 24.3 Å². The van der Waals surface area contributed by atoms with Crippen molar-refractivity contribution < 1.29 is 23.7 Å². The quantitative estimate of drug-likeness (QED) is 0.776. The van der Waals surface area contributed by atoms with Gasteiger partial charge in [-0.3, -0.25) is 4.79 Å². The van der Waals surface area contributed by atoms with Gasteiger partial charge in [-0.25, -0.2) is 0 Å². The maximum atomic E-state index is 12.1. The van der Waals surface area contributed by atoms with Crippen molar-refractivity contribution in [3.05, 3.63) is 40.9 Å². The lowest BCUT2D eigenvalue weighted by Gasteiger charge is -2.13. The summed E-state index contributed by atoms with van der Waals surface area (Å²) in [7, 11) is 4.66. The third-order valence-electron chi connectivity index (χ3n) is 3.18. The first kappa shape index (κ1) is 17.9. The fraction of sp³-hybridized carbons (Fsp3) is 0.235. The van der Waals surface area contributed by atoms with E-state index in [1.54, 1.807) is 50.6 Å². The van der Waals surface area contributed by atoms with Gasteiger partial charge in [0.25, 0.3) is 5.91 Å². The molecule has 0 saturated heterocycles. The van der Waals surface area contributed by atoms with Gasteiger partial charge in [0.2, 0.25) is 0 Å². The molecule has 0 radical (unpaired) electrons. The molecule has 0 spiro atoms. The van der Waals surface area contributed by atoms with E-state index >= 15 is 0 Å². The van der Waals surface area contributed by atoms with Crippen LogP contribution in [0.5, 0.6) is 23.0 Å². The van der Waals surface area contributed by atoms with E-state index in [4.69, 9.17) is 18.9 Å². The van der Waals surface area contributed by atoms with Crippen LogP contribution in [0.1, 0.15) is 0 Å². The normalized spacial score (nSPS) is 10.0. The summed E-state index contributed by atoms with van der Waals surface area (Å²) >= 11 is 3.37. The Bertz CT molecular complexity index is 703. The number of rotatable bonds is 7. The van der Waals surface area contributed by atoms with Gasteiger partial charge in [-0.1, -0.05) is 0 Å². The minimum absolute atomic E-state index is 0.131. The largest absolute Gasteiger partial charge is 0.497 e. The number of amides is 1. The van der Waals surface area contributed by atoms with Crippen molar-refractivity contribution in [2.24, 2.45) is 0 Å². The minimum atomic E-state index is -0.312. The predicted octanol–water partition coefficient (Wildman–Crippen LogP) is 3.49. The number of anilines is 1. The highest BCUT2D eigenvalue weighted by atomic mass is 79.9. The van der Waals surface area contributed by atoms with Crippen LogP contribution in [0.3, 0.4) is 0 Å². The van der Waals surface area contributed by atoms with Crippen LogP contribution in [-0.2, 0) is 4.79 Å². The van der Waals surface area contributed by atoms with Crippen molar-refractivity contribution in [2.75, 3.05) is 33.3 Å². The topological polar surface area (TPSA) is 66.0 Å². The van der Waals surface area contributed by atoms with Crippen LogP contribution in [0, 0.1) is 0 Å². The molecular weight excluding hydrogens is 378 g/mol. The molecule has 2 rings (SSSR count). The molecule has 0 aliphatic carbocycles. The molecule has 2 aromatic carbocycles. The number of hydrogen-bond acceptors (Lipinski definition) is 5. The fourth-order valence-electron chi connectivity index (χ4n) is 1.97. The Balaban J connectivity index is 2.01. The summed E-state index contributed by atoms with van der Waals surface area (Å²) in [5, 5.41) is 2.74. The summed E-state index contributed by atoms with van der Waals surface area (Å²) < 4.78 is 21.7. The van der Waals surface area contributed by atoms with Gasteiger partial charge < -0.3 is 24.3 Å². The molecule has 0 heterocycles. The van der Waals surface area contributed by atoms with Gasteiger partial charge in [0.05, 0.1) is 31.5 Å². The third-order valence-corrected chi connectivity index (χ3v) is 3.80. The fourth-order valence-corrected chi connectivity index (χ4v) is 2.45. The zero-order chi connectivity index (χ0) is 17.5. The molecule has 0 fully saturated rings. The molecule has 2 aromatic rings. The Labute approximate surface area is 148 Å². The van der Waals surface area contributed by atoms with Crippen LogP contribution in [0.15, 0.2) is 40.9 Å². The van der Waals surface area contributed by atoms with E-state index in [-0.39, 0.29) is 12.5 Å². The second kappa shape index (κ2) is 8.44. The minimum Gasteiger partial charge on any atom is -0.497 e. The van der Waals surface area contributed by atoms with E-state index in [0.29, 0.717) is 22.9 Å². The van der Waals surface area contributed by atoms with Crippen molar-refractivity contribution in [1.82, 2.24) is 0 Å². The zero-order valence-corrected chi connectivity index (χ0v) is 15.2. The number of methoxy groups -OCH3 is 3. The Morgan fingerprint density at radius 1 is 0.958 bits per heavy atom. The van der Waals surface area contributed by atoms with Gasteiger partial charge in [0.1, 0.15) is 23.0 Å². The Morgan fingerprint density at radius 2 is 1.58 bits per heavy atom. The van der Waals surface area contributed by atoms with Crippen molar-refractivity contribution in [3.63, 3.8) is 0 Å². The molecule has 1 amide bonds. The smallest absolute Gasteiger partial charge is 0.262 e. The first-order valence-electron chi connectivity index (χ1n) is 7.05. The van der Waals surface area contributed by atoms with Crippen LogP contribution in [0.4, 0.5) is 5.69 Å². The van der Waals surface area contributed by atoms with E-state index < -0.39 is 0 Å². The first-order chi connectivity index (χ1) is 11.6. The van der Waals surface area contributed by atoms with Gasteiger partial charge in [-0.05, 0) is 40.2 Å². The van der Waals surface area contributed by atoms with E-state index in [0.717, 1.165) is 10.2 Å². The molecule has 0 saturated carbocycles. The molecule has 0 atom stereocenters. The highest BCUT2D eigenvalue weighted by Gasteiger charge is 2.12. The second-order valence-corrected chi connectivity index (χ2v) is 5.55. The molecule has 24 heavy (non-hydrogen) atoms. The number of nitrogens with one attached hydrogen (secondary N) is 1. The van der Waals surface area contributed by atoms with E-state index in [2.05, 4.69) is 21.2 Å². The Kier molecular flexibility index (Phi) is 6.31. The van der Waals surface area contributed by atoms with Crippen LogP contribution in [0.25, 0.3) is 0 Å². The maximum Gasteiger partial charge on any atom is 0.262 e. The van der Waals surface area contributed by atoms with E-state index in [1.165, 1.54) is 7.11 Å².